The highest BCUT2D eigenvalue weighted by Gasteiger charge is 2.14. The first kappa shape index (κ1) is 19.1. The zero-order chi connectivity index (χ0) is 19.2. The Bertz CT molecular complexity index is 847. The van der Waals surface area contributed by atoms with Crippen LogP contribution in [0.15, 0.2) is 59.7 Å². The third-order valence-corrected chi connectivity index (χ3v) is 3.75. The number of amides is 1. The van der Waals surface area contributed by atoms with Crippen molar-refractivity contribution < 1.29 is 9.72 Å². The van der Waals surface area contributed by atoms with Crippen molar-refractivity contribution in [3.63, 3.8) is 0 Å². The maximum Gasteiger partial charge on any atom is 0.276 e. The largest absolute Gasteiger partial charge is 0.276 e. The summed E-state index contributed by atoms with van der Waals surface area (Å²) in [6.45, 7) is 6.32. The molecule has 2 aromatic rings. The minimum Gasteiger partial charge on any atom is -0.267 e. The fourth-order valence-electron chi connectivity index (χ4n) is 2.27. The molecule has 1 amide bonds. The van der Waals surface area contributed by atoms with Gasteiger partial charge >= 0.3 is 0 Å². The number of nitrogens with one attached hydrogen (secondary N) is 1. The van der Waals surface area contributed by atoms with Gasteiger partial charge in [-0.15, -0.1) is 0 Å². The van der Waals surface area contributed by atoms with Gasteiger partial charge in [0.1, 0.15) is 0 Å². The van der Waals surface area contributed by atoms with Crippen LogP contribution in [0, 0.1) is 10.1 Å². The molecule has 0 spiro atoms. The van der Waals surface area contributed by atoms with Crippen LogP contribution < -0.4 is 5.43 Å². The Hall–Kier alpha value is -3.28. The Morgan fingerprint density at radius 3 is 2.38 bits per heavy atom. The zero-order valence-corrected chi connectivity index (χ0v) is 15.0. The number of nitro benzene ring substituents is 1. The molecule has 26 heavy (non-hydrogen) atoms. The van der Waals surface area contributed by atoms with Crippen molar-refractivity contribution >= 4 is 23.9 Å². The molecule has 0 fully saturated rings. The average molecular weight is 351 g/mol. The van der Waals surface area contributed by atoms with Gasteiger partial charge in [-0.25, -0.2) is 5.43 Å². The van der Waals surface area contributed by atoms with Crippen LogP contribution in [-0.2, 0) is 5.41 Å². The molecule has 2 rings (SSSR count). The molecule has 6 heteroatoms. The maximum absolute atomic E-state index is 12.0. The lowest BCUT2D eigenvalue weighted by Crippen LogP contribution is -2.18. The fraction of sp³-hybridized carbons (Fsp3) is 0.200. The Kier molecular flexibility index (Phi) is 6.01. The normalized spacial score (nSPS) is 11.8. The number of nitro groups is 1. The van der Waals surface area contributed by atoms with E-state index in [4.69, 9.17) is 0 Å². The number of benzene rings is 2. The molecule has 0 aliphatic heterocycles. The van der Waals surface area contributed by atoms with Crippen LogP contribution in [-0.4, -0.2) is 17.0 Å². The van der Waals surface area contributed by atoms with Gasteiger partial charge in [0.15, 0.2) is 0 Å². The van der Waals surface area contributed by atoms with Crippen LogP contribution in [0.1, 0.15) is 42.3 Å². The minimum absolute atomic E-state index is 0.0140. The predicted molar refractivity (Wildman–Crippen MR) is 103 cm³/mol. The second kappa shape index (κ2) is 8.20. The Morgan fingerprint density at radius 1 is 1.12 bits per heavy atom. The van der Waals surface area contributed by atoms with Gasteiger partial charge in [-0.1, -0.05) is 45.0 Å². The summed E-state index contributed by atoms with van der Waals surface area (Å²) in [6, 6.07) is 13.8. The molecule has 0 saturated carbocycles. The third-order valence-electron chi connectivity index (χ3n) is 3.75. The van der Waals surface area contributed by atoms with Crippen molar-refractivity contribution in [1.82, 2.24) is 5.43 Å². The summed E-state index contributed by atoms with van der Waals surface area (Å²) in [6.07, 6.45) is 4.47. The van der Waals surface area contributed by atoms with E-state index in [1.165, 1.54) is 18.4 Å². The topological polar surface area (TPSA) is 84.6 Å². The predicted octanol–water partition coefficient (Wildman–Crippen LogP) is 4.32. The smallest absolute Gasteiger partial charge is 0.267 e. The highest BCUT2D eigenvalue weighted by Crippen LogP contribution is 2.22. The molecule has 0 unspecified atom stereocenters. The molecule has 2 aromatic carbocycles. The van der Waals surface area contributed by atoms with E-state index in [9.17, 15) is 14.9 Å². The molecule has 1 N–H and O–H groups in total. The van der Waals surface area contributed by atoms with Gasteiger partial charge in [0.2, 0.25) is 0 Å². The van der Waals surface area contributed by atoms with E-state index in [0.29, 0.717) is 11.1 Å². The summed E-state index contributed by atoms with van der Waals surface area (Å²) in [7, 11) is 0. The summed E-state index contributed by atoms with van der Waals surface area (Å²) >= 11 is 0. The second-order valence-corrected chi connectivity index (χ2v) is 6.72. The number of para-hydroxylation sites is 1. The van der Waals surface area contributed by atoms with Crippen molar-refractivity contribution in [2.45, 2.75) is 26.2 Å². The monoisotopic (exact) mass is 351 g/mol. The summed E-state index contributed by atoms with van der Waals surface area (Å²) in [5, 5.41) is 14.8. The van der Waals surface area contributed by atoms with Crippen molar-refractivity contribution in [3.8, 4) is 0 Å². The zero-order valence-electron chi connectivity index (χ0n) is 15.0. The van der Waals surface area contributed by atoms with Gasteiger partial charge in [0, 0.05) is 17.8 Å². The standard InChI is InChI=1S/C20H21N3O3/c1-20(2,3)17-12-10-16(11-13-17)19(24)22-21-14-6-8-15-7-4-5-9-18(15)23(25)26/h4-14H,1-3H3,(H,22,24)/b8-6+,21-14-. The number of carbonyl (C=O) groups excluding carboxylic acids is 1. The Labute approximate surface area is 152 Å². The first-order valence-corrected chi connectivity index (χ1v) is 8.13. The Balaban J connectivity index is 1.96. The van der Waals surface area contributed by atoms with Crippen LogP contribution in [0.5, 0.6) is 0 Å². The fourth-order valence-corrected chi connectivity index (χ4v) is 2.27. The summed E-state index contributed by atoms with van der Waals surface area (Å²) in [5.41, 5.74) is 4.59. The van der Waals surface area contributed by atoms with E-state index in [-0.39, 0.29) is 17.0 Å². The van der Waals surface area contributed by atoms with Crippen molar-refractivity contribution in [3.05, 3.63) is 81.4 Å². The van der Waals surface area contributed by atoms with Crippen LogP contribution in [0.3, 0.4) is 0 Å². The van der Waals surface area contributed by atoms with Gasteiger partial charge in [-0.2, -0.15) is 5.10 Å². The molecule has 134 valence electrons. The average Bonchev–Trinajstić information content (AvgIpc) is 2.61. The summed E-state index contributed by atoms with van der Waals surface area (Å²) in [5.74, 6) is -0.319. The first-order chi connectivity index (χ1) is 12.3. The quantitative estimate of drug-likeness (QED) is 0.494. The van der Waals surface area contributed by atoms with Crippen LogP contribution in [0.2, 0.25) is 0 Å². The molecular weight excluding hydrogens is 330 g/mol. The van der Waals surface area contributed by atoms with Crippen LogP contribution in [0.4, 0.5) is 5.69 Å². The number of allylic oxidation sites excluding steroid dienone is 1. The number of carbonyl (C=O) groups is 1. The van der Waals surface area contributed by atoms with Crippen molar-refractivity contribution in [2.75, 3.05) is 0 Å². The molecule has 0 radical (unpaired) electrons. The van der Waals surface area contributed by atoms with Gasteiger partial charge in [-0.05, 0) is 41.3 Å². The molecule has 0 bridgehead atoms. The van der Waals surface area contributed by atoms with E-state index in [1.54, 1.807) is 36.4 Å². The minimum atomic E-state index is -0.445. The number of hydrazone groups is 1. The molecule has 0 heterocycles. The van der Waals surface area contributed by atoms with Crippen LogP contribution >= 0.6 is 0 Å². The SMILES string of the molecule is CC(C)(C)c1ccc(C(=O)N/N=C\C=C\c2ccccc2[N+](=O)[O-])cc1. The summed E-state index contributed by atoms with van der Waals surface area (Å²) < 4.78 is 0. The Morgan fingerprint density at radius 2 is 1.77 bits per heavy atom. The van der Waals surface area contributed by atoms with Gasteiger partial charge in [0.05, 0.1) is 10.5 Å². The lowest BCUT2D eigenvalue weighted by Gasteiger charge is -2.18. The highest BCUT2D eigenvalue weighted by molar-refractivity contribution is 5.94. The van der Waals surface area contributed by atoms with Crippen molar-refractivity contribution in [1.29, 1.82) is 0 Å². The van der Waals surface area contributed by atoms with E-state index in [0.717, 1.165) is 5.56 Å². The van der Waals surface area contributed by atoms with Gasteiger partial charge < -0.3 is 0 Å². The van der Waals surface area contributed by atoms with Crippen LogP contribution in [0.25, 0.3) is 6.08 Å². The number of hydrogen-bond acceptors (Lipinski definition) is 4. The van der Waals surface area contributed by atoms with E-state index in [2.05, 4.69) is 31.3 Å². The molecule has 0 saturated heterocycles. The first-order valence-electron chi connectivity index (χ1n) is 8.13. The highest BCUT2D eigenvalue weighted by atomic mass is 16.6. The van der Waals surface area contributed by atoms with Gasteiger partial charge in [-0.3, -0.25) is 14.9 Å². The molecule has 0 aliphatic carbocycles. The third kappa shape index (κ3) is 5.11. The number of nitrogens with zero attached hydrogens (tertiary/aromatic N) is 2. The second-order valence-electron chi connectivity index (χ2n) is 6.72. The maximum atomic E-state index is 12.0. The lowest BCUT2D eigenvalue weighted by molar-refractivity contribution is -0.385. The molecular formula is C20H21N3O3. The molecule has 0 aromatic heterocycles. The number of hydrogen-bond donors (Lipinski definition) is 1. The lowest BCUT2D eigenvalue weighted by atomic mass is 9.87. The molecule has 0 aliphatic rings. The summed E-state index contributed by atoms with van der Waals surface area (Å²) in [4.78, 5) is 22.5. The van der Waals surface area contributed by atoms with Gasteiger partial charge in [0.25, 0.3) is 11.6 Å². The molecule has 6 nitrogen and oxygen atoms in total. The number of rotatable bonds is 5. The van der Waals surface area contributed by atoms with E-state index >= 15 is 0 Å². The van der Waals surface area contributed by atoms with E-state index < -0.39 is 4.92 Å². The molecule has 0 atom stereocenters. The van der Waals surface area contributed by atoms with Crippen molar-refractivity contribution in [2.24, 2.45) is 5.10 Å². The van der Waals surface area contributed by atoms with E-state index in [1.807, 2.05) is 12.1 Å².